The summed E-state index contributed by atoms with van der Waals surface area (Å²) < 4.78 is 0. The topological polar surface area (TPSA) is 54.7 Å². The molecule has 0 aliphatic rings. The lowest BCUT2D eigenvalue weighted by Crippen LogP contribution is -2.28. The van der Waals surface area contributed by atoms with Gasteiger partial charge in [0.1, 0.15) is 5.82 Å². The van der Waals surface area contributed by atoms with E-state index in [1.165, 1.54) is 0 Å². The third-order valence-electron chi connectivity index (χ3n) is 2.61. The summed E-state index contributed by atoms with van der Waals surface area (Å²) in [5.41, 5.74) is 8.96. The number of rotatable bonds is 2. The van der Waals surface area contributed by atoms with Gasteiger partial charge in [0, 0.05) is 12.0 Å². The van der Waals surface area contributed by atoms with E-state index in [-0.39, 0.29) is 5.54 Å². The molecule has 0 atom stereocenters. The standard InChI is InChI=1S/C12H17N3/c1-4-11-14-9-6-5-8(12(2,3)13)7-10(9)15-11/h5-7H,4,13H2,1-3H3,(H,14,15). The Hall–Kier alpha value is -1.35. The Bertz CT molecular complexity index is 477. The molecule has 0 radical (unpaired) electrons. The van der Waals surface area contributed by atoms with E-state index in [0.717, 1.165) is 28.8 Å². The second-order valence-electron chi connectivity index (χ2n) is 4.49. The highest BCUT2D eigenvalue weighted by molar-refractivity contribution is 5.76. The molecule has 0 amide bonds. The Morgan fingerprint density at radius 3 is 2.73 bits per heavy atom. The molecule has 0 bridgehead atoms. The van der Waals surface area contributed by atoms with E-state index in [1.54, 1.807) is 0 Å². The van der Waals surface area contributed by atoms with Crippen molar-refractivity contribution in [2.24, 2.45) is 5.73 Å². The molecule has 0 unspecified atom stereocenters. The summed E-state index contributed by atoms with van der Waals surface area (Å²) >= 11 is 0. The number of nitrogens with one attached hydrogen (secondary N) is 1. The zero-order valence-electron chi connectivity index (χ0n) is 9.46. The molecule has 0 fully saturated rings. The molecule has 2 rings (SSSR count). The van der Waals surface area contributed by atoms with Gasteiger partial charge in [-0.3, -0.25) is 0 Å². The summed E-state index contributed by atoms with van der Waals surface area (Å²) in [7, 11) is 0. The maximum atomic E-state index is 6.05. The van der Waals surface area contributed by atoms with E-state index in [0.29, 0.717) is 0 Å². The highest BCUT2D eigenvalue weighted by Gasteiger charge is 2.14. The van der Waals surface area contributed by atoms with Gasteiger partial charge in [-0.15, -0.1) is 0 Å². The van der Waals surface area contributed by atoms with Crippen LogP contribution in [0.25, 0.3) is 11.0 Å². The predicted octanol–water partition coefficient (Wildman–Crippen LogP) is 2.32. The largest absolute Gasteiger partial charge is 0.342 e. The lowest BCUT2D eigenvalue weighted by molar-refractivity contribution is 0.555. The highest BCUT2D eigenvalue weighted by Crippen LogP contribution is 2.21. The molecule has 1 aromatic carbocycles. The molecule has 15 heavy (non-hydrogen) atoms. The van der Waals surface area contributed by atoms with Crippen LogP contribution < -0.4 is 5.73 Å². The SMILES string of the molecule is CCc1nc2ccc(C(C)(C)N)cc2[nH]1. The molecular formula is C12H17N3. The third-order valence-corrected chi connectivity index (χ3v) is 2.61. The Balaban J connectivity index is 2.55. The second kappa shape index (κ2) is 3.35. The molecule has 1 aromatic heterocycles. The van der Waals surface area contributed by atoms with E-state index >= 15 is 0 Å². The zero-order chi connectivity index (χ0) is 11.1. The van der Waals surface area contributed by atoms with Crippen LogP contribution in [0.1, 0.15) is 32.2 Å². The number of benzene rings is 1. The number of aromatic nitrogens is 2. The summed E-state index contributed by atoms with van der Waals surface area (Å²) in [5, 5.41) is 0. The second-order valence-corrected chi connectivity index (χ2v) is 4.49. The van der Waals surface area contributed by atoms with Gasteiger partial charge in [0.05, 0.1) is 11.0 Å². The molecule has 1 heterocycles. The number of nitrogens with zero attached hydrogens (tertiary/aromatic N) is 1. The number of aryl methyl sites for hydroxylation is 1. The van der Waals surface area contributed by atoms with E-state index < -0.39 is 0 Å². The molecule has 80 valence electrons. The van der Waals surface area contributed by atoms with E-state index in [4.69, 9.17) is 5.73 Å². The first-order valence-corrected chi connectivity index (χ1v) is 5.28. The van der Waals surface area contributed by atoms with Crippen LogP contribution in [0, 0.1) is 0 Å². The van der Waals surface area contributed by atoms with Crippen LogP contribution >= 0.6 is 0 Å². The van der Waals surface area contributed by atoms with Gasteiger partial charge in [-0.05, 0) is 31.5 Å². The average molecular weight is 203 g/mol. The van der Waals surface area contributed by atoms with Crippen molar-refractivity contribution < 1.29 is 0 Å². The van der Waals surface area contributed by atoms with Crippen molar-refractivity contribution in [3.05, 3.63) is 29.6 Å². The molecule has 0 saturated heterocycles. The summed E-state index contributed by atoms with van der Waals surface area (Å²) in [4.78, 5) is 7.75. The number of aromatic amines is 1. The molecule has 0 saturated carbocycles. The fraction of sp³-hybridized carbons (Fsp3) is 0.417. The molecule has 3 nitrogen and oxygen atoms in total. The Morgan fingerprint density at radius 2 is 2.13 bits per heavy atom. The normalized spacial score (nSPS) is 12.3. The van der Waals surface area contributed by atoms with Gasteiger partial charge in [-0.25, -0.2) is 4.98 Å². The Morgan fingerprint density at radius 1 is 1.40 bits per heavy atom. The number of imidazole rings is 1. The summed E-state index contributed by atoms with van der Waals surface area (Å²) in [6.07, 6.45) is 0.927. The first kappa shape index (κ1) is 10.2. The van der Waals surface area contributed by atoms with Gasteiger partial charge < -0.3 is 10.7 Å². The molecule has 3 heteroatoms. The number of hydrogen-bond donors (Lipinski definition) is 2. The average Bonchev–Trinajstić information content (AvgIpc) is 2.57. The maximum Gasteiger partial charge on any atom is 0.106 e. The van der Waals surface area contributed by atoms with Crippen molar-refractivity contribution in [3.63, 3.8) is 0 Å². The van der Waals surface area contributed by atoms with Crippen LogP contribution in [-0.4, -0.2) is 9.97 Å². The van der Waals surface area contributed by atoms with Crippen molar-refractivity contribution in [2.45, 2.75) is 32.7 Å². The van der Waals surface area contributed by atoms with Crippen LogP contribution in [0.2, 0.25) is 0 Å². The molecule has 0 spiro atoms. The van der Waals surface area contributed by atoms with Crippen molar-refractivity contribution in [1.29, 1.82) is 0 Å². The van der Waals surface area contributed by atoms with Gasteiger partial charge in [0.15, 0.2) is 0 Å². The minimum Gasteiger partial charge on any atom is -0.342 e. The monoisotopic (exact) mass is 203 g/mol. The van der Waals surface area contributed by atoms with Crippen LogP contribution in [0.5, 0.6) is 0 Å². The Labute approximate surface area is 89.7 Å². The smallest absolute Gasteiger partial charge is 0.106 e. The van der Waals surface area contributed by atoms with Crippen molar-refractivity contribution in [2.75, 3.05) is 0 Å². The third kappa shape index (κ3) is 1.88. The fourth-order valence-corrected chi connectivity index (χ4v) is 1.63. The quantitative estimate of drug-likeness (QED) is 0.787. The van der Waals surface area contributed by atoms with E-state index in [2.05, 4.69) is 23.0 Å². The fourth-order valence-electron chi connectivity index (χ4n) is 1.63. The van der Waals surface area contributed by atoms with Gasteiger partial charge in [0.2, 0.25) is 0 Å². The highest BCUT2D eigenvalue weighted by atomic mass is 14.9. The first-order chi connectivity index (χ1) is 7.00. The number of nitrogens with two attached hydrogens (primary N) is 1. The first-order valence-electron chi connectivity index (χ1n) is 5.28. The molecule has 0 aliphatic carbocycles. The lowest BCUT2D eigenvalue weighted by Gasteiger charge is -2.18. The Kier molecular flexibility index (Phi) is 2.27. The van der Waals surface area contributed by atoms with Crippen LogP contribution in [0.3, 0.4) is 0 Å². The number of H-pyrrole nitrogens is 1. The van der Waals surface area contributed by atoms with Crippen LogP contribution in [-0.2, 0) is 12.0 Å². The van der Waals surface area contributed by atoms with E-state index in [9.17, 15) is 0 Å². The zero-order valence-corrected chi connectivity index (χ0v) is 9.46. The molecule has 2 aromatic rings. The predicted molar refractivity (Wildman–Crippen MR) is 62.7 cm³/mol. The van der Waals surface area contributed by atoms with Crippen molar-refractivity contribution in [1.82, 2.24) is 9.97 Å². The van der Waals surface area contributed by atoms with Gasteiger partial charge in [0.25, 0.3) is 0 Å². The number of fused-ring (bicyclic) bond motifs is 1. The van der Waals surface area contributed by atoms with Crippen LogP contribution in [0.15, 0.2) is 18.2 Å². The molecule has 0 aliphatic heterocycles. The lowest BCUT2D eigenvalue weighted by atomic mass is 9.95. The van der Waals surface area contributed by atoms with Crippen molar-refractivity contribution in [3.8, 4) is 0 Å². The maximum absolute atomic E-state index is 6.05. The van der Waals surface area contributed by atoms with Crippen molar-refractivity contribution >= 4 is 11.0 Å². The summed E-state index contributed by atoms with van der Waals surface area (Å²) in [5.74, 6) is 1.02. The minimum atomic E-state index is -0.300. The summed E-state index contributed by atoms with van der Waals surface area (Å²) in [6.45, 7) is 6.10. The van der Waals surface area contributed by atoms with Gasteiger partial charge in [-0.1, -0.05) is 13.0 Å². The van der Waals surface area contributed by atoms with E-state index in [1.807, 2.05) is 26.0 Å². The van der Waals surface area contributed by atoms with Gasteiger partial charge >= 0.3 is 0 Å². The minimum absolute atomic E-state index is 0.300. The van der Waals surface area contributed by atoms with Gasteiger partial charge in [-0.2, -0.15) is 0 Å². The van der Waals surface area contributed by atoms with Crippen LogP contribution in [0.4, 0.5) is 0 Å². The molecule has 3 N–H and O–H groups in total. The molecular weight excluding hydrogens is 186 g/mol. The summed E-state index contributed by atoms with van der Waals surface area (Å²) in [6, 6.07) is 6.15. The number of hydrogen-bond acceptors (Lipinski definition) is 2.